The molecule has 5 N–H and O–H groups in total. The van der Waals surface area contributed by atoms with Crippen molar-refractivity contribution in [3.8, 4) is 0 Å². The molecule has 0 amide bonds. The third-order valence-electron chi connectivity index (χ3n) is 2.25. The highest BCUT2D eigenvalue weighted by molar-refractivity contribution is 7.89. The molecule has 1 aromatic carbocycles. The van der Waals surface area contributed by atoms with Gasteiger partial charge in [-0.05, 0) is 19.1 Å². The molecular weight excluding hydrogens is 280 g/mol. The smallest absolute Gasteiger partial charge is 0.244 e. The summed E-state index contributed by atoms with van der Waals surface area (Å²) >= 11 is 5.79. The van der Waals surface area contributed by atoms with Gasteiger partial charge in [0.05, 0.1) is 22.9 Å². The summed E-state index contributed by atoms with van der Waals surface area (Å²) < 4.78 is 26.1. The molecule has 1 atom stereocenters. The van der Waals surface area contributed by atoms with Crippen molar-refractivity contribution in [2.45, 2.75) is 17.4 Å². The van der Waals surface area contributed by atoms with Crippen LogP contribution in [0.25, 0.3) is 0 Å². The minimum Gasteiger partial charge on any atom is -0.398 e. The molecule has 0 saturated carbocycles. The van der Waals surface area contributed by atoms with Crippen molar-refractivity contribution >= 4 is 27.3 Å². The van der Waals surface area contributed by atoms with Crippen molar-refractivity contribution in [2.24, 2.45) is 0 Å². The molecule has 0 fully saturated rings. The van der Waals surface area contributed by atoms with Crippen molar-refractivity contribution in [3.63, 3.8) is 0 Å². The summed E-state index contributed by atoms with van der Waals surface area (Å²) in [5, 5.41) is 18.4. The monoisotopic (exact) mass is 294 g/mol. The average Bonchev–Trinajstić information content (AvgIpc) is 2.26. The molecule has 0 radical (unpaired) electrons. The fourth-order valence-electron chi connectivity index (χ4n) is 1.19. The van der Waals surface area contributed by atoms with E-state index in [9.17, 15) is 13.5 Å². The van der Waals surface area contributed by atoms with Gasteiger partial charge >= 0.3 is 0 Å². The maximum absolute atomic E-state index is 12.0. The molecule has 0 saturated heterocycles. The summed E-state index contributed by atoms with van der Waals surface area (Å²) in [4.78, 5) is -0.236. The zero-order chi connectivity index (χ0) is 14.0. The average molecular weight is 295 g/mol. The Morgan fingerprint density at radius 3 is 2.61 bits per heavy atom. The van der Waals surface area contributed by atoms with Crippen molar-refractivity contribution in [2.75, 3.05) is 18.9 Å². The van der Waals surface area contributed by atoms with Crippen LogP contribution in [-0.2, 0) is 10.0 Å². The molecule has 1 unspecified atom stereocenters. The SMILES string of the molecule is CC(O)(CO)CNS(=O)(=O)c1c(N)cccc1Cl. The highest BCUT2D eigenvalue weighted by Gasteiger charge is 2.26. The van der Waals surface area contributed by atoms with Crippen molar-refractivity contribution in [1.29, 1.82) is 0 Å². The molecule has 0 bridgehead atoms. The molecule has 0 aliphatic carbocycles. The molecule has 18 heavy (non-hydrogen) atoms. The minimum absolute atomic E-state index is 0.00820. The van der Waals surface area contributed by atoms with E-state index in [0.29, 0.717) is 0 Å². The van der Waals surface area contributed by atoms with Gasteiger partial charge in [0.15, 0.2) is 0 Å². The number of nitrogens with one attached hydrogen (secondary N) is 1. The highest BCUT2D eigenvalue weighted by Crippen LogP contribution is 2.26. The number of hydrogen-bond donors (Lipinski definition) is 4. The van der Waals surface area contributed by atoms with E-state index in [2.05, 4.69) is 4.72 Å². The maximum atomic E-state index is 12.0. The molecule has 0 heterocycles. The Labute approximate surface area is 110 Å². The first kappa shape index (κ1) is 15.2. The lowest BCUT2D eigenvalue weighted by Gasteiger charge is -2.21. The lowest BCUT2D eigenvalue weighted by Crippen LogP contribution is -2.43. The normalized spacial score (nSPS) is 15.3. The number of benzene rings is 1. The van der Waals surface area contributed by atoms with Crippen molar-refractivity contribution in [1.82, 2.24) is 4.72 Å². The molecule has 1 aromatic rings. The van der Waals surface area contributed by atoms with Crippen molar-refractivity contribution < 1.29 is 18.6 Å². The topological polar surface area (TPSA) is 113 Å². The lowest BCUT2D eigenvalue weighted by atomic mass is 10.1. The first-order chi connectivity index (χ1) is 8.19. The number of nitrogens with two attached hydrogens (primary N) is 1. The van der Waals surface area contributed by atoms with Gasteiger partial charge in [0.25, 0.3) is 0 Å². The molecule has 102 valence electrons. The summed E-state index contributed by atoms with van der Waals surface area (Å²) in [5.41, 5.74) is 4.02. The number of halogens is 1. The fourth-order valence-corrected chi connectivity index (χ4v) is 3.02. The van der Waals surface area contributed by atoms with Gasteiger partial charge in [0, 0.05) is 6.54 Å². The second-order valence-corrected chi connectivity index (χ2v) is 6.25. The number of aliphatic hydroxyl groups is 2. The van der Waals surface area contributed by atoms with Crippen LogP contribution in [0.4, 0.5) is 5.69 Å². The summed E-state index contributed by atoms with van der Waals surface area (Å²) in [5.74, 6) is 0. The van der Waals surface area contributed by atoms with E-state index in [4.69, 9.17) is 22.4 Å². The Hall–Kier alpha value is -0.860. The van der Waals surface area contributed by atoms with Gasteiger partial charge in [0.1, 0.15) is 4.90 Å². The summed E-state index contributed by atoms with van der Waals surface area (Å²) in [6, 6.07) is 4.34. The van der Waals surface area contributed by atoms with Gasteiger partial charge < -0.3 is 15.9 Å². The van der Waals surface area contributed by atoms with Crippen LogP contribution in [-0.4, -0.2) is 37.4 Å². The van der Waals surface area contributed by atoms with E-state index >= 15 is 0 Å². The van der Waals surface area contributed by atoms with Gasteiger partial charge in [-0.1, -0.05) is 17.7 Å². The first-order valence-corrected chi connectivity index (χ1v) is 6.92. The number of nitrogen functional groups attached to an aromatic ring is 1. The largest absolute Gasteiger partial charge is 0.398 e. The standard InChI is InChI=1S/C10H15ClN2O4S/c1-10(15,6-14)5-13-18(16,17)9-7(11)3-2-4-8(9)12/h2-4,13-15H,5-6,12H2,1H3. The molecule has 8 heteroatoms. The minimum atomic E-state index is -3.94. The lowest BCUT2D eigenvalue weighted by molar-refractivity contribution is 0.00681. The van der Waals surface area contributed by atoms with Crippen LogP contribution in [0.5, 0.6) is 0 Å². The molecule has 0 spiro atoms. The van der Waals surface area contributed by atoms with Crippen LogP contribution >= 0.6 is 11.6 Å². The summed E-state index contributed by atoms with van der Waals surface area (Å²) in [6.07, 6.45) is 0. The first-order valence-electron chi connectivity index (χ1n) is 5.06. The van der Waals surface area contributed by atoms with E-state index in [1.165, 1.54) is 25.1 Å². The number of rotatable bonds is 5. The van der Waals surface area contributed by atoms with Crippen LogP contribution in [0.3, 0.4) is 0 Å². The Bertz CT molecular complexity index is 510. The predicted molar refractivity (Wildman–Crippen MR) is 68.8 cm³/mol. The van der Waals surface area contributed by atoms with E-state index in [1.807, 2.05) is 0 Å². The Balaban J connectivity index is 3.01. The molecule has 0 aliphatic heterocycles. The summed E-state index contributed by atoms with van der Waals surface area (Å²) in [6.45, 7) is 0.371. The Morgan fingerprint density at radius 1 is 1.50 bits per heavy atom. The zero-order valence-corrected chi connectivity index (χ0v) is 11.3. The Morgan fingerprint density at radius 2 is 2.11 bits per heavy atom. The third-order valence-corrected chi connectivity index (χ3v) is 4.19. The van der Waals surface area contributed by atoms with E-state index in [0.717, 1.165) is 0 Å². The van der Waals surface area contributed by atoms with Crippen LogP contribution in [0.2, 0.25) is 5.02 Å². The van der Waals surface area contributed by atoms with E-state index < -0.39 is 22.2 Å². The zero-order valence-electron chi connectivity index (χ0n) is 9.72. The van der Waals surface area contributed by atoms with E-state index in [1.54, 1.807) is 0 Å². The predicted octanol–water partition coefficient (Wildman–Crippen LogP) is -0.0562. The molecule has 1 rings (SSSR count). The van der Waals surface area contributed by atoms with Crippen molar-refractivity contribution in [3.05, 3.63) is 23.2 Å². The molecular formula is C10H15ClN2O4S. The van der Waals surface area contributed by atoms with Gasteiger partial charge in [-0.15, -0.1) is 0 Å². The van der Waals surface area contributed by atoms with E-state index in [-0.39, 0.29) is 22.2 Å². The van der Waals surface area contributed by atoms with Crippen LogP contribution < -0.4 is 10.5 Å². The Kier molecular flexibility index (Phi) is 4.57. The molecule has 6 nitrogen and oxygen atoms in total. The fraction of sp³-hybridized carbons (Fsp3) is 0.400. The molecule has 0 aliphatic rings. The second-order valence-electron chi connectivity index (χ2n) is 4.14. The highest BCUT2D eigenvalue weighted by atomic mass is 35.5. The van der Waals surface area contributed by atoms with Crippen LogP contribution in [0, 0.1) is 0 Å². The number of hydrogen-bond acceptors (Lipinski definition) is 5. The molecule has 0 aromatic heterocycles. The van der Waals surface area contributed by atoms with Gasteiger partial charge in [-0.25, -0.2) is 13.1 Å². The van der Waals surface area contributed by atoms with Crippen LogP contribution in [0.1, 0.15) is 6.92 Å². The third kappa shape index (κ3) is 3.56. The maximum Gasteiger partial charge on any atom is 0.244 e. The van der Waals surface area contributed by atoms with Gasteiger partial charge in [-0.2, -0.15) is 0 Å². The quantitative estimate of drug-likeness (QED) is 0.569. The summed E-state index contributed by atoms with van der Waals surface area (Å²) in [7, 11) is -3.94. The van der Waals surface area contributed by atoms with Gasteiger partial charge in [0.2, 0.25) is 10.0 Å². The van der Waals surface area contributed by atoms with Gasteiger partial charge in [-0.3, -0.25) is 0 Å². The second kappa shape index (κ2) is 5.41. The van der Waals surface area contributed by atoms with Crippen LogP contribution in [0.15, 0.2) is 23.1 Å². The number of sulfonamides is 1. The number of anilines is 1. The number of aliphatic hydroxyl groups excluding tert-OH is 1.